The number of rotatable bonds is 61. The van der Waals surface area contributed by atoms with E-state index in [1.54, 1.807) is 0 Å². The zero-order valence-corrected chi connectivity index (χ0v) is 52.4. The Kier molecular flexibility index (Phi) is 59.6. The second-order valence-electron chi connectivity index (χ2n) is 21.9. The first-order chi connectivity index (χ1) is 39.2. The van der Waals surface area contributed by atoms with Crippen LogP contribution in [0, 0.1) is 0 Å². The van der Waals surface area contributed by atoms with E-state index in [1.165, 1.54) is 116 Å². The van der Waals surface area contributed by atoms with Crippen LogP contribution in [-0.2, 0) is 42.2 Å². The summed E-state index contributed by atoms with van der Waals surface area (Å²) in [4.78, 5) is 48.8. The van der Waals surface area contributed by atoms with E-state index in [0.29, 0.717) is 19.3 Å². The van der Waals surface area contributed by atoms with Gasteiger partial charge in [-0.25, -0.2) is 4.57 Å². The minimum absolute atomic E-state index is 0.148. The van der Waals surface area contributed by atoms with Crippen molar-refractivity contribution in [2.75, 3.05) is 26.4 Å². The Hall–Kier alpha value is -3.08. The maximum atomic E-state index is 13.0. The lowest BCUT2D eigenvalue weighted by molar-refractivity contribution is -0.161. The molecule has 80 heavy (non-hydrogen) atoms. The number of aliphatic hydroxyl groups excluding tert-OH is 1. The van der Waals surface area contributed by atoms with Gasteiger partial charge in [-0.05, 0) is 89.9 Å². The number of phosphoric acid groups is 1. The van der Waals surface area contributed by atoms with Gasteiger partial charge in [0, 0.05) is 19.3 Å². The molecule has 464 valence electrons. The summed E-state index contributed by atoms with van der Waals surface area (Å²) in [6.45, 7) is 4.53. The van der Waals surface area contributed by atoms with E-state index >= 15 is 0 Å². The molecule has 12 heteroatoms. The number of allylic oxidation sites excluding steroid dienone is 12. The lowest BCUT2D eigenvalue weighted by Gasteiger charge is -2.21. The van der Waals surface area contributed by atoms with Gasteiger partial charge < -0.3 is 24.2 Å². The van der Waals surface area contributed by atoms with Crippen molar-refractivity contribution in [2.24, 2.45) is 0 Å². The standard InChI is InChI=1S/C68H121O11P/c1-4-7-10-13-16-19-22-25-28-30-32-34-37-40-43-46-49-52-55-58-67(71)78-64(60-69)62-76-80(73,74)77-63-65(61-75-66(70)57-54-51-48-45-42-39-36-27-24-21-18-15-12-9-6-3)79-68(72)59-56-53-50-47-44-41-38-35-33-31-29-26-23-20-17-14-11-8-5-2/h8,11,17-18,20-21,26-27,29,33,35-36,64-65,69H,4-7,9-10,12-16,19,22-25,28,30-32,34,37-63H2,1-3H3,(H,73,74)/b11-8-,20-17-,21-18-,29-26-,35-33-,36-27-. The van der Waals surface area contributed by atoms with Crippen molar-refractivity contribution in [3.8, 4) is 0 Å². The number of esters is 3. The third kappa shape index (κ3) is 59.5. The van der Waals surface area contributed by atoms with Crippen LogP contribution < -0.4 is 0 Å². The Bertz CT molecular complexity index is 1620. The van der Waals surface area contributed by atoms with E-state index in [4.69, 9.17) is 23.3 Å². The predicted molar refractivity (Wildman–Crippen MR) is 335 cm³/mol. The van der Waals surface area contributed by atoms with Gasteiger partial charge in [0.25, 0.3) is 0 Å². The number of ether oxygens (including phenoxy) is 3. The van der Waals surface area contributed by atoms with Crippen molar-refractivity contribution in [3.05, 3.63) is 72.9 Å². The van der Waals surface area contributed by atoms with E-state index in [1.807, 2.05) is 0 Å². The summed E-state index contributed by atoms with van der Waals surface area (Å²) in [5.74, 6) is -1.48. The van der Waals surface area contributed by atoms with E-state index in [0.717, 1.165) is 128 Å². The highest BCUT2D eigenvalue weighted by molar-refractivity contribution is 7.47. The van der Waals surface area contributed by atoms with Gasteiger partial charge in [-0.3, -0.25) is 23.4 Å². The lowest BCUT2D eigenvalue weighted by atomic mass is 10.0. The van der Waals surface area contributed by atoms with Crippen LogP contribution in [0.4, 0.5) is 0 Å². The van der Waals surface area contributed by atoms with Crippen molar-refractivity contribution in [1.82, 2.24) is 0 Å². The Balaban J connectivity index is 4.68. The second kappa shape index (κ2) is 62.0. The van der Waals surface area contributed by atoms with E-state index in [-0.39, 0.29) is 25.9 Å². The number of carbonyl (C=O) groups excluding carboxylic acids is 3. The van der Waals surface area contributed by atoms with E-state index in [2.05, 4.69) is 93.7 Å². The number of aliphatic hydroxyl groups is 1. The SMILES string of the molecule is CC/C=C\C/C=C\C/C=C\C/C=C\CCCCCCCCC(=O)OC(COC(=O)CCCCCCC/C=C\C/C=C\CCCCC)COP(=O)(O)OCC(CO)OC(=O)CCCCCCCCCCCCCCCCCCCCC. The number of carbonyl (C=O) groups is 3. The summed E-state index contributed by atoms with van der Waals surface area (Å²) in [7, 11) is -4.76. The van der Waals surface area contributed by atoms with Crippen molar-refractivity contribution in [2.45, 2.75) is 315 Å². The fourth-order valence-electron chi connectivity index (χ4n) is 9.14. The van der Waals surface area contributed by atoms with Gasteiger partial charge in [0.15, 0.2) is 6.10 Å². The monoisotopic (exact) mass is 1140 g/mol. The van der Waals surface area contributed by atoms with Crippen LogP contribution in [0.25, 0.3) is 0 Å². The van der Waals surface area contributed by atoms with Crippen LogP contribution in [0.1, 0.15) is 303 Å². The molecule has 0 radical (unpaired) electrons. The average molecular weight is 1150 g/mol. The molecule has 0 aliphatic carbocycles. The first-order valence-electron chi connectivity index (χ1n) is 32.8. The number of hydrogen-bond acceptors (Lipinski definition) is 10. The third-order valence-electron chi connectivity index (χ3n) is 14.1. The largest absolute Gasteiger partial charge is 0.472 e. The molecule has 0 aliphatic heterocycles. The van der Waals surface area contributed by atoms with Gasteiger partial charge in [0.05, 0.1) is 19.8 Å². The molecule has 0 saturated heterocycles. The third-order valence-corrected chi connectivity index (χ3v) is 15.1. The van der Waals surface area contributed by atoms with Crippen LogP contribution >= 0.6 is 7.82 Å². The minimum atomic E-state index is -4.76. The number of phosphoric ester groups is 1. The first kappa shape index (κ1) is 76.9. The van der Waals surface area contributed by atoms with Crippen molar-refractivity contribution < 1.29 is 52.2 Å². The molecule has 0 rings (SSSR count). The van der Waals surface area contributed by atoms with E-state index < -0.39 is 57.8 Å². The molecule has 0 fully saturated rings. The van der Waals surface area contributed by atoms with E-state index in [9.17, 15) is 28.9 Å². The molecule has 0 aromatic heterocycles. The minimum Gasteiger partial charge on any atom is -0.462 e. The van der Waals surface area contributed by atoms with Crippen molar-refractivity contribution >= 4 is 25.7 Å². The maximum Gasteiger partial charge on any atom is 0.472 e. The maximum absolute atomic E-state index is 13.0. The first-order valence-corrected chi connectivity index (χ1v) is 34.3. The van der Waals surface area contributed by atoms with Crippen LogP contribution in [0.15, 0.2) is 72.9 Å². The molecule has 11 nitrogen and oxygen atoms in total. The molecule has 0 aromatic carbocycles. The zero-order chi connectivity index (χ0) is 58.3. The summed E-state index contributed by atoms with van der Waals surface area (Å²) in [5, 5.41) is 9.87. The number of unbranched alkanes of at least 4 members (excludes halogenated alkanes) is 32. The van der Waals surface area contributed by atoms with Gasteiger partial charge in [-0.1, -0.05) is 267 Å². The molecule has 2 N–H and O–H groups in total. The molecule has 0 spiro atoms. The highest BCUT2D eigenvalue weighted by atomic mass is 31.2. The normalized spacial score (nSPS) is 13.7. The molecular formula is C68H121O11P. The van der Waals surface area contributed by atoms with Crippen LogP contribution in [0.3, 0.4) is 0 Å². The molecule has 0 aromatic rings. The lowest BCUT2D eigenvalue weighted by Crippen LogP contribution is -2.30. The van der Waals surface area contributed by atoms with Gasteiger partial charge >= 0.3 is 25.7 Å². The molecule has 0 amide bonds. The molecule has 3 atom stereocenters. The smallest absolute Gasteiger partial charge is 0.462 e. The van der Waals surface area contributed by atoms with Crippen LogP contribution in [0.2, 0.25) is 0 Å². The average Bonchev–Trinajstić information content (AvgIpc) is 3.45. The molecule has 0 saturated carbocycles. The molecule has 3 unspecified atom stereocenters. The Labute approximate surface area is 490 Å². The van der Waals surface area contributed by atoms with Gasteiger partial charge in [-0.2, -0.15) is 0 Å². The quantitative estimate of drug-likeness (QED) is 0.0197. The fraction of sp³-hybridized carbons (Fsp3) is 0.779. The highest BCUT2D eigenvalue weighted by Crippen LogP contribution is 2.43. The Morgan fingerprint density at radius 2 is 0.650 bits per heavy atom. The summed E-state index contributed by atoms with van der Waals surface area (Å²) >= 11 is 0. The highest BCUT2D eigenvalue weighted by Gasteiger charge is 2.28. The second-order valence-corrected chi connectivity index (χ2v) is 23.4. The fourth-order valence-corrected chi connectivity index (χ4v) is 9.93. The van der Waals surface area contributed by atoms with Crippen LogP contribution in [0.5, 0.6) is 0 Å². The summed E-state index contributed by atoms with van der Waals surface area (Å²) < 4.78 is 39.7. The zero-order valence-electron chi connectivity index (χ0n) is 51.5. The Morgan fingerprint density at radius 3 is 1.02 bits per heavy atom. The summed E-state index contributed by atoms with van der Waals surface area (Å²) in [6, 6.07) is 0. The molecule has 0 bridgehead atoms. The summed E-state index contributed by atoms with van der Waals surface area (Å²) in [5.41, 5.74) is 0. The van der Waals surface area contributed by atoms with Crippen molar-refractivity contribution in [1.29, 1.82) is 0 Å². The molecule has 0 heterocycles. The van der Waals surface area contributed by atoms with Gasteiger partial charge in [0.2, 0.25) is 0 Å². The van der Waals surface area contributed by atoms with Gasteiger partial charge in [0.1, 0.15) is 12.7 Å². The Morgan fingerprint density at radius 1 is 0.362 bits per heavy atom. The number of hydrogen-bond donors (Lipinski definition) is 2. The molecule has 0 aliphatic rings. The topological polar surface area (TPSA) is 155 Å². The predicted octanol–water partition coefficient (Wildman–Crippen LogP) is 20.0. The molecular weight excluding hydrogens is 1020 g/mol. The van der Waals surface area contributed by atoms with Crippen molar-refractivity contribution in [3.63, 3.8) is 0 Å². The van der Waals surface area contributed by atoms with Crippen LogP contribution in [-0.4, -0.2) is 66.5 Å². The van der Waals surface area contributed by atoms with Gasteiger partial charge in [-0.15, -0.1) is 0 Å². The summed E-state index contributed by atoms with van der Waals surface area (Å²) in [6.07, 6.45) is 71.3.